The molecule has 0 bridgehead atoms. The second kappa shape index (κ2) is 5.97. The van der Waals surface area contributed by atoms with E-state index in [2.05, 4.69) is 6.58 Å². The molecule has 0 aromatic heterocycles. The molecule has 100 valence electrons. The number of hydrogen-bond donors (Lipinski definition) is 0. The lowest BCUT2D eigenvalue weighted by Gasteiger charge is -2.09. The molecular weight excluding hydrogens is 252 g/mol. The summed E-state index contributed by atoms with van der Waals surface area (Å²) in [7, 11) is 0. The van der Waals surface area contributed by atoms with E-state index in [1.807, 2.05) is 19.1 Å². The number of ketones is 1. The molecule has 0 heterocycles. The molecule has 0 amide bonds. The molecule has 0 radical (unpaired) electrons. The molecule has 0 N–H and O–H groups in total. The largest absolute Gasteiger partial charge is 0.423 e. The van der Waals surface area contributed by atoms with E-state index in [4.69, 9.17) is 4.74 Å². The van der Waals surface area contributed by atoms with Crippen molar-refractivity contribution in [1.82, 2.24) is 0 Å². The molecule has 2 aromatic carbocycles. The molecule has 0 unspecified atom stereocenters. The number of hydrogen-bond acceptors (Lipinski definition) is 3. The number of aryl methyl sites for hydroxylation is 1. The average Bonchev–Trinajstić information content (AvgIpc) is 2.47. The van der Waals surface area contributed by atoms with Gasteiger partial charge in [-0.25, -0.2) is 4.79 Å². The zero-order chi connectivity index (χ0) is 14.5. The summed E-state index contributed by atoms with van der Waals surface area (Å²) in [5.74, 6) is -0.517. The van der Waals surface area contributed by atoms with Crippen LogP contribution in [0.2, 0.25) is 0 Å². The van der Waals surface area contributed by atoms with Gasteiger partial charge in [0.05, 0.1) is 5.56 Å². The van der Waals surface area contributed by atoms with Gasteiger partial charge in [-0.15, -0.1) is 0 Å². The van der Waals surface area contributed by atoms with Gasteiger partial charge in [-0.1, -0.05) is 43.0 Å². The third-order valence-electron chi connectivity index (χ3n) is 2.90. The Morgan fingerprint density at radius 2 is 1.60 bits per heavy atom. The maximum Gasteiger partial charge on any atom is 0.335 e. The lowest BCUT2D eigenvalue weighted by atomic mass is 9.98. The highest BCUT2D eigenvalue weighted by Gasteiger charge is 2.16. The number of benzene rings is 2. The highest BCUT2D eigenvalue weighted by atomic mass is 16.5. The summed E-state index contributed by atoms with van der Waals surface area (Å²) in [6.45, 7) is 5.21. The Kier molecular flexibility index (Phi) is 4.11. The van der Waals surface area contributed by atoms with Gasteiger partial charge in [0.15, 0.2) is 5.78 Å². The number of carbonyl (C=O) groups is 2. The molecule has 3 heteroatoms. The first kappa shape index (κ1) is 13.7. The fourth-order valence-corrected chi connectivity index (χ4v) is 1.87. The maximum absolute atomic E-state index is 12.5. The third-order valence-corrected chi connectivity index (χ3v) is 2.90. The topological polar surface area (TPSA) is 43.4 Å². The van der Waals surface area contributed by atoms with Crippen molar-refractivity contribution >= 4 is 11.8 Å². The van der Waals surface area contributed by atoms with Crippen molar-refractivity contribution in [1.29, 1.82) is 0 Å². The van der Waals surface area contributed by atoms with Crippen LogP contribution in [0.25, 0.3) is 0 Å². The molecule has 0 spiro atoms. The van der Waals surface area contributed by atoms with Crippen LogP contribution < -0.4 is 4.74 Å². The van der Waals surface area contributed by atoms with Gasteiger partial charge >= 0.3 is 5.97 Å². The Hall–Kier alpha value is -2.68. The Morgan fingerprint density at radius 3 is 2.25 bits per heavy atom. The summed E-state index contributed by atoms with van der Waals surface area (Å²) in [5, 5.41) is 0. The maximum atomic E-state index is 12.5. The van der Waals surface area contributed by atoms with Crippen LogP contribution in [0.1, 0.15) is 21.5 Å². The summed E-state index contributed by atoms with van der Waals surface area (Å²) in [6.07, 6.45) is 1.06. The van der Waals surface area contributed by atoms with E-state index < -0.39 is 5.97 Å². The fraction of sp³-hybridized carbons (Fsp3) is 0.0588. The van der Waals surface area contributed by atoms with Crippen molar-refractivity contribution in [3.05, 3.63) is 77.9 Å². The third kappa shape index (κ3) is 2.83. The minimum Gasteiger partial charge on any atom is -0.423 e. The SMILES string of the molecule is C=CC(=O)Oc1ccccc1C(=O)c1ccccc1C. The summed E-state index contributed by atoms with van der Waals surface area (Å²) in [6, 6.07) is 14.0. The number of esters is 1. The van der Waals surface area contributed by atoms with Crippen LogP contribution in [-0.2, 0) is 4.79 Å². The van der Waals surface area contributed by atoms with Crippen molar-refractivity contribution in [3.63, 3.8) is 0 Å². The predicted octanol–water partition coefficient (Wildman–Crippen LogP) is 3.32. The summed E-state index contributed by atoms with van der Waals surface area (Å²) in [5.41, 5.74) is 1.83. The summed E-state index contributed by atoms with van der Waals surface area (Å²) in [4.78, 5) is 23.8. The number of carbonyl (C=O) groups excluding carboxylic acids is 2. The van der Waals surface area contributed by atoms with E-state index in [9.17, 15) is 9.59 Å². The van der Waals surface area contributed by atoms with Gasteiger partial charge in [-0.2, -0.15) is 0 Å². The molecule has 2 rings (SSSR count). The predicted molar refractivity (Wildman–Crippen MR) is 76.9 cm³/mol. The molecule has 0 saturated heterocycles. The van der Waals surface area contributed by atoms with Crippen LogP contribution in [0.3, 0.4) is 0 Å². The van der Waals surface area contributed by atoms with E-state index in [-0.39, 0.29) is 11.5 Å². The van der Waals surface area contributed by atoms with Crippen molar-refractivity contribution in [2.45, 2.75) is 6.92 Å². The molecule has 0 fully saturated rings. The van der Waals surface area contributed by atoms with Crippen molar-refractivity contribution < 1.29 is 14.3 Å². The van der Waals surface area contributed by atoms with E-state index in [0.717, 1.165) is 11.6 Å². The van der Waals surface area contributed by atoms with Gasteiger partial charge in [-0.3, -0.25) is 4.79 Å². The standard InChI is InChI=1S/C17H14O3/c1-3-16(18)20-15-11-7-6-10-14(15)17(19)13-9-5-4-8-12(13)2/h3-11H,1H2,2H3. The Balaban J connectivity index is 2.43. The van der Waals surface area contributed by atoms with Crippen molar-refractivity contribution in [2.24, 2.45) is 0 Å². The minimum atomic E-state index is -0.588. The molecule has 0 aliphatic carbocycles. The van der Waals surface area contributed by atoms with Crippen LogP contribution in [0.5, 0.6) is 5.75 Å². The first-order valence-electron chi connectivity index (χ1n) is 6.17. The molecule has 0 saturated carbocycles. The molecule has 0 atom stereocenters. The Bertz CT molecular complexity index is 671. The highest BCUT2D eigenvalue weighted by molar-refractivity contribution is 6.11. The van der Waals surface area contributed by atoms with Crippen molar-refractivity contribution in [3.8, 4) is 5.75 Å². The van der Waals surface area contributed by atoms with Gasteiger partial charge in [0.2, 0.25) is 0 Å². The quantitative estimate of drug-likeness (QED) is 0.369. The zero-order valence-electron chi connectivity index (χ0n) is 11.1. The van der Waals surface area contributed by atoms with Gasteiger partial charge in [-0.05, 0) is 24.6 Å². The highest BCUT2D eigenvalue weighted by Crippen LogP contribution is 2.23. The number of rotatable bonds is 4. The van der Waals surface area contributed by atoms with Crippen LogP contribution in [-0.4, -0.2) is 11.8 Å². The van der Waals surface area contributed by atoms with Gasteiger partial charge in [0.1, 0.15) is 5.75 Å². The Labute approximate surface area is 117 Å². The second-order valence-electron chi connectivity index (χ2n) is 4.27. The van der Waals surface area contributed by atoms with E-state index in [1.165, 1.54) is 0 Å². The minimum absolute atomic E-state index is 0.171. The summed E-state index contributed by atoms with van der Waals surface area (Å²) >= 11 is 0. The van der Waals surface area contributed by atoms with Crippen LogP contribution in [0, 0.1) is 6.92 Å². The molecule has 20 heavy (non-hydrogen) atoms. The van der Waals surface area contributed by atoms with E-state index in [0.29, 0.717) is 11.1 Å². The normalized spacial score (nSPS) is 9.85. The average molecular weight is 266 g/mol. The molecular formula is C17H14O3. The van der Waals surface area contributed by atoms with Crippen LogP contribution in [0.4, 0.5) is 0 Å². The molecule has 0 aliphatic rings. The van der Waals surface area contributed by atoms with E-state index in [1.54, 1.807) is 36.4 Å². The van der Waals surface area contributed by atoms with Gasteiger partial charge in [0, 0.05) is 11.6 Å². The molecule has 0 aliphatic heterocycles. The lowest BCUT2D eigenvalue weighted by molar-refractivity contribution is -0.128. The second-order valence-corrected chi connectivity index (χ2v) is 4.27. The smallest absolute Gasteiger partial charge is 0.335 e. The lowest BCUT2D eigenvalue weighted by Crippen LogP contribution is -2.10. The zero-order valence-corrected chi connectivity index (χ0v) is 11.1. The number of ether oxygens (including phenoxy) is 1. The van der Waals surface area contributed by atoms with Crippen LogP contribution in [0.15, 0.2) is 61.2 Å². The van der Waals surface area contributed by atoms with Gasteiger partial charge < -0.3 is 4.74 Å². The van der Waals surface area contributed by atoms with E-state index >= 15 is 0 Å². The molecule has 3 nitrogen and oxygen atoms in total. The summed E-state index contributed by atoms with van der Waals surface area (Å²) < 4.78 is 5.10. The van der Waals surface area contributed by atoms with Crippen molar-refractivity contribution in [2.75, 3.05) is 0 Å². The van der Waals surface area contributed by atoms with Crippen LogP contribution >= 0.6 is 0 Å². The van der Waals surface area contributed by atoms with Gasteiger partial charge in [0.25, 0.3) is 0 Å². The fourth-order valence-electron chi connectivity index (χ4n) is 1.87. The Morgan fingerprint density at radius 1 is 1.00 bits per heavy atom. The molecule has 2 aromatic rings. The number of para-hydroxylation sites is 1. The first-order valence-corrected chi connectivity index (χ1v) is 6.17. The first-order chi connectivity index (χ1) is 9.63. The monoisotopic (exact) mass is 266 g/mol.